The molecule has 1 aliphatic carbocycles. The van der Waals surface area contributed by atoms with Crippen molar-refractivity contribution >= 4 is 0 Å². The second kappa shape index (κ2) is 3.14. The van der Waals surface area contributed by atoms with Gasteiger partial charge in [-0.1, -0.05) is 12.0 Å². The van der Waals surface area contributed by atoms with Crippen LogP contribution in [0.15, 0.2) is 5.11 Å². The van der Waals surface area contributed by atoms with Gasteiger partial charge in [-0.25, -0.2) is 0 Å². The molecule has 0 N–H and O–H groups in total. The van der Waals surface area contributed by atoms with Crippen molar-refractivity contribution in [3.8, 4) is 0 Å². The molecular formula is C10H17N3O. The number of nitrogens with zero attached hydrogens (tertiary/aromatic N) is 3. The average Bonchev–Trinajstić information content (AvgIpc) is 2.35. The third kappa shape index (κ3) is 1.39. The number of hydrogen-bond acceptors (Lipinski definition) is 2. The van der Waals surface area contributed by atoms with Gasteiger partial charge in [-0.05, 0) is 44.1 Å². The van der Waals surface area contributed by atoms with E-state index in [1.165, 1.54) is 0 Å². The van der Waals surface area contributed by atoms with Crippen LogP contribution in [-0.2, 0) is 4.74 Å². The van der Waals surface area contributed by atoms with Crippen molar-refractivity contribution in [2.75, 3.05) is 0 Å². The summed E-state index contributed by atoms with van der Waals surface area (Å²) in [6.45, 7) is 6.41. The minimum atomic E-state index is -0.0291. The Morgan fingerprint density at radius 1 is 1.43 bits per heavy atom. The summed E-state index contributed by atoms with van der Waals surface area (Å²) in [5.74, 6) is 0.920. The van der Waals surface area contributed by atoms with Crippen LogP contribution in [0.2, 0.25) is 0 Å². The summed E-state index contributed by atoms with van der Waals surface area (Å²) in [5, 5.41) is 3.87. The Kier molecular flexibility index (Phi) is 2.20. The zero-order valence-electron chi connectivity index (χ0n) is 8.97. The zero-order valence-corrected chi connectivity index (χ0v) is 8.97. The van der Waals surface area contributed by atoms with Gasteiger partial charge in [-0.2, -0.15) is 0 Å². The lowest BCUT2D eigenvalue weighted by Gasteiger charge is -2.30. The average molecular weight is 195 g/mol. The van der Waals surface area contributed by atoms with Crippen LogP contribution in [0.25, 0.3) is 10.4 Å². The first-order valence-electron chi connectivity index (χ1n) is 5.26. The standard InChI is InChI=1S/C10H17N3O/c1-6-8(12-13-11)4-7-5-9(6)14-10(7,2)3/h6-9H,4-5H2,1-3H3. The maximum Gasteiger partial charge on any atom is 0.0659 e. The first kappa shape index (κ1) is 9.81. The van der Waals surface area contributed by atoms with Crippen molar-refractivity contribution in [1.82, 2.24) is 0 Å². The van der Waals surface area contributed by atoms with Crippen LogP contribution in [-0.4, -0.2) is 17.7 Å². The van der Waals surface area contributed by atoms with Gasteiger partial charge in [0.25, 0.3) is 0 Å². The van der Waals surface area contributed by atoms with E-state index in [2.05, 4.69) is 30.8 Å². The van der Waals surface area contributed by atoms with Crippen LogP contribution in [0.3, 0.4) is 0 Å². The van der Waals surface area contributed by atoms with E-state index in [1.807, 2.05) is 0 Å². The summed E-state index contributed by atoms with van der Waals surface area (Å²) in [7, 11) is 0. The number of fused-ring (bicyclic) bond motifs is 2. The SMILES string of the molecule is CC1C(N=[N+]=[N-])CC2CC1OC2(C)C. The molecule has 1 heterocycles. The Balaban J connectivity index is 2.20. The Bertz CT molecular complexity index is 283. The lowest BCUT2D eigenvalue weighted by atomic mass is 9.75. The lowest BCUT2D eigenvalue weighted by Crippen LogP contribution is -2.33. The van der Waals surface area contributed by atoms with E-state index < -0.39 is 0 Å². The predicted molar refractivity (Wildman–Crippen MR) is 53.8 cm³/mol. The molecule has 2 aliphatic rings. The minimum Gasteiger partial charge on any atom is -0.372 e. The normalized spacial score (nSPS) is 44.5. The molecule has 1 saturated carbocycles. The highest BCUT2D eigenvalue weighted by atomic mass is 16.5. The predicted octanol–water partition coefficient (Wildman–Crippen LogP) is 2.89. The van der Waals surface area contributed by atoms with Crippen molar-refractivity contribution in [3.05, 3.63) is 10.4 Å². The minimum absolute atomic E-state index is 0.0291. The molecule has 0 aromatic heterocycles. The van der Waals surface area contributed by atoms with E-state index in [-0.39, 0.29) is 11.6 Å². The fraction of sp³-hybridized carbons (Fsp3) is 1.00. The van der Waals surface area contributed by atoms with Gasteiger partial charge in [-0.3, -0.25) is 0 Å². The van der Waals surface area contributed by atoms with E-state index >= 15 is 0 Å². The fourth-order valence-corrected chi connectivity index (χ4v) is 2.77. The number of rotatable bonds is 1. The third-order valence-corrected chi connectivity index (χ3v) is 3.87. The first-order chi connectivity index (χ1) is 6.54. The highest BCUT2D eigenvalue weighted by Gasteiger charge is 2.49. The molecule has 0 aromatic carbocycles. The van der Waals surface area contributed by atoms with Gasteiger partial charge in [0.15, 0.2) is 0 Å². The fourth-order valence-electron chi connectivity index (χ4n) is 2.77. The summed E-state index contributed by atoms with van der Waals surface area (Å²) in [6.07, 6.45) is 2.40. The van der Waals surface area contributed by atoms with E-state index in [0.29, 0.717) is 17.9 Å². The molecule has 2 rings (SSSR count). The molecule has 4 nitrogen and oxygen atoms in total. The highest BCUT2D eigenvalue weighted by Crippen LogP contribution is 2.47. The molecule has 4 heteroatoms. The van der Waals surface area contributed by atoms with Gasteiger partial charge in [0, 0.05) is 11.0 Å². The lowest BCUT2D eigenvalue weighted by molar-refractivity contribution is -0.0383. The smallest absolute Gasteiger partial charge is 0.0659 e. The van der Waals surface area contributed by atoms with Crippen molar-refractivity contribution in [2.45, 2.75) is 51.4 Å². The van der Waals surface area contributed by atoms with Gasteiger partial charge >= 0.3 is 0 Å². The molecule has 2 fully saturated rings. The summed E-state index contributed by atoms with van der Waals surface area (Å²) in [5.41, 5.74) is 8.45. The first-order valence-corrected chi connectivity index (χ1v) is 5.26. The Labute approximate surface area is 84.3 Å². The summed E-state index contributed by atoms with van der Waals surface area (Å²) in [6, 6.07) is 0.130. The van der Waals surface area contributed by atoms with Gasteiger partial charge in [-0.15, -0.1) is 0 Å². The van der Waals surface area contributed by atoms with Crippen LogP contribution in [0.4, 0.5) is 0 Å². The molecule has 4 unspecified atom stereocenters. The second-order valence-electron chi connectivity index (χ2n) is 5.06. The van der Waals surface area contributed by atoms with E-state index in [1.54, 1.807) is 0 Å². The highest BCUT2D eigenvalue weighted by molar-refractivity contribution is 5.00. The number of azide groups is 1. The van der Waals surface area contributed by atoms with E-state index in [0.717, 1.165) is 12.8 Å². The third-order valence-electron chi connectivity index (χ3n) is 3.87. The van der Waals surface area contributed by atoms with Crippen molar-refractivity contribution in [1.29, 1.82) is 0 Å². The number of hydrogen-bond donors (Lipinski definition) is 0. The number of ether oxygens (including phenoxy) is 1. The quantitative estimate of drug-likeness (QED) is 0.360. The largest absolute Gasteiger partial charge is 0.372 e. The molecule has 4 atom stereocenters. The van der Waals surface area contributed by atoms with Crippen molar-refractivity contribution < 1.29 is 4.74 Å². The van der Waals surface area contributed by atoms with E-state index in [9.17, 15) is 0 Å². The molecule has 0 radical (unpaired) electrons. The summed E-state index contributed by atoms with van der Waals surface area (Å²) >= 11 is 0. The molecular weight excluding hydrogens is 178 g/mol. The van der Waals surface area contributed by atoms with Gasteiger partial charge in [0.05, 0.1) is 11.7 Å². The maximum absolute atomic E-state index is 8.48. The molecule has 1 aliphatic heterocycles. The zero-order chi connectivity index (χ0) is 10.3. The Hall–Kier alpha value is -0.730. The van der Waals surface area contributed by atoms with Crippen LogP contribution in [0, 0.1) is 11.8 Å². The molecule has 78 valence electrons. The maximum atomic E-state index is 8.48. The Morgan fingerprint density at radius 3 is 2.79 bits per heavy atom. The van der Waals surface area contributed by atoms with Crippen LogP contribution >= 0.6 is 0 Å². The second-order valence-corrected chi connectivity index (χ2v) is 5.06. The molecule has 0 aromatic rings. The van der Waals surface area contributed by atoms with Crippen LogP contribution in [0.1, 0.15) is 33.6 Å². The molecule has 1 saturated heterocycles. The molecule has 2 bridgehead atoms. The van der Waals surface area contributed by atoms with Crippen molar-refractivity contribution in [3.63, 3.8) is 0 Å². The van der Waals surface area contributed by atoms with Crippen LogP contribution in [0.5, 0.6) is 0 Å². The topological polar surface area (TPSA) is 58.0 Å². The monoisotopic (exact) mass is 195 g/mol. The van der Waals surface area contributed by atoms with Gasteiger partial charge in [0.2, 0.25) is 0 Å². The van der Waals surface area contributed by atoms with Crippen molar-refractivity contribution in [2.24, 2.45) is 17.0 Å². The van der Waals surface area contributed by atoms with Gasteiger partial charge in [0.1, 0.15) is 0 Å². The van der Waals surface area contributed by atoms with Crippen LogP contribution < -0.4 is 0 Å². The molecule has 0 amide bonds. The van der Waals surface area contributed by atoms with E-state index in [4.69, 9.17) is 10.3 Å². The molecule has 14 heavy (non-hydrogen) atoms. The summed E-state index contributed by atoms with van der Waals surface area (Å²) in [4.78, 5) is 2.92. The van der Waals surface area contributed by atoms with Gasteiger partial charge < -0.3 is 4.74 Å². The molecule has 0 spiro atoms. The Morgan fingerprint density at radius 2 is 2.14 bits per heavy atom. The summed E-state index contributed by atoms with van der Waals surface area (Å²) < 4.78 is 5.98.